The normalized spacial score (nSPS) is 16.9. The van der Waals surface area contributed by atoms with Crippen molar-refractivity contribution in [1.29, 1.82) is 0 Å². The SMILES string of the molecule is CC(C)(C)OC(=O)N[C@@H](CC1CC1)C(=O)OCCl. The van der Waals surface area contributed by atoms with E-state index in [1.807, 2.05) is 0 Å². The zero-order chi connectivity index (χ0) is 13.8. The number of carbonyl (C=O) groups excluding carboxylic acids is 2. The minimum atomic E-state index is -0.675. The van der Waals surface area contributed by atoms with E-state index >= 15 is 0 Å². The maximum absolute atomic E-state index is 11.6. The van der Waals surface area contributed by atoms with E-state index in [0.29, 0.717) is 12.3 Å². The molecule has 0 saturated heterocycles. The molecule has 1 aliphatic rings. The van der Waals surface area contributed by atoms with Gasteiger partial charge in [-0.2, -0.15) is 0 Å². The van der Waals surface area contributed by atoms with Crippen molar-refractivity contribution >= 4 is 23.7 Å². The summed E-state index contributed by atoms with van der Waals surface area (Å²) < 4.78 is 9.83. The standard InChI is InChI=1S/C12H20ClNO4/c1-12(2,3)18-11(16)14-9(6-8-4-5-8)10(15)17-7-13/h8-9H,4-7H2,1-3H3,(H,14,16)/t9-/m0/s1. The van der Waals surface area contributed by atoms with Crippen LogP contribution in [0.3, 0.4) is 0 Å². The van der Waals surface area contributed by atoms with Gasteiger partial charge in [0.2, 0.25) is 0 Å². The highest BCUT2D eigenvalue weighted by Gasteiger charge is 2.32. The number of alkyl halides is 1. The Labute approximate surface area is 112 Å². The summed E-state index contributed by atoms with van der Waals surface area (Å²) in [6.07, 6.45) is 2.13. The highest BCUT2D eigenvalue weighted by atomic mass is 35.5. The van der Waals surface area contributed by atoms with Crippen molar-refractivity contribution in [2.45, 2.75) is 51.7 Å². The first-order valence-corrected chi connectivity index (χ1v) is 6.57. The molecular formula is C12H20ClNO4. The third kappa shape index (κ3) is 6.10. The Morgan fingerprint density at radius 2 is 2.00 bits per heavy atom. The van der Waals surface area contributed by atoms with Crippen LogP contribution >= 0.6 is 11.6 Å². The molecule has 0 spiro atoms. The zero-order valence-electron chi connectivity index (χ0n) is 11.0. The van der Waals surface area contributed by atoms with Crippen LogP contribution in [0.1, 0.15) is 40.0 Å². The molecule has 6 heteroatoms. The van der Waals surface area contributed by atoms with Crippen molar-refractivity contribution in [3.8, 4) is 0 Å². The van der Waals surface area contributed by atoms with Gasteiger partial charge in [0.1, 0.15) is 11.6 Å². The van der Waals surface area contributed by atoms with Crippen molar-refractivity contribution in [3.05, 3.63) is 0 Å². The Balaban J connectivity index is 2.48. The first kappa shape index (κ1) is 15.1. The van der Waals surface area contributed by atoms with Gasteiger partial charge in [-0.1, -0.05) is 24.4 Å². The first-order chi connectivity index (χ1) is 8.31. The summed E-state index contributed by atoms with van der Waals surface area (Å²) in [5.74, 6) is -0.0319. The van der Waals surface area contributed by atoms with Crippen molar-refractivity contribution in [1.82, 2.24) is 5.32 Å². The van der Waals surface area contributed by atoms with E-state index in [0.717, 1.165) is 12.8 Å². The number of esters is 1. The van der Waals surface area contributed by atoms with Crippen LogP contribution in [0.2, 0.25) is 0 Å². The van der Waals surface area contributed by atoms with E-state index in [9.17, 15) is 9.59 Å². The predicted octanol–water partition coefficient (Wildman–Crippen LogP) is 2.42. The molecule has 1 amide bonds. The Morgan fingerprint density at radius 1 is 1.39 bits per heavy atom. The number of alkyl carbamates (subject to hydrolysis) is 1. The quantitative estimate of drug-likeness (QED) is 0.619. The van der Waals surface area contributed by atoms with Crippen molar-refractivity contribution in [2.75, 3.05) is 6.07 Å². The summed E-state index contributed by atoms with van der Waals surface area (Å²) in [6.45, 7) is 5.29. The molecule has 0 aromatic heterocycles. The second kappa shape index (κ2) is 6.27. The lowest BCUT2D eigenvalue weighted by molar-refractivity contribution is -0.144. The molecule has 0 aromatic carbocycles. The Morgan fingerprint density at radius 3 is 2.44 bits per heavy atom. The van der Waals surface area contributed by atoms with E-state index in [-0.39, 0.29) is 6.07 Å². The molecular weight excluding hydrogens is 258 g/mol. The van der Waals surface area contributed by atoms with Gasteiger partial charge in [0.05, 0.1) is 0 Å². The molecule has 0 heterocycles. The third-order valence-corrected chi connectivity index (χ3v) is 2.55. The second-order valence-electron chi connectivity index (χ2n) is 5.45. The number of nitrogens with one attached hydrogen (secondary N) is 1. The van der Waals surface area contributed by atoms with Crippen LogP contribution in [0, 0.1) is 5.92 Å². The molecule has 0 radical (unpaired) electrons. The van der Waals surface area contributed by atoms with Crippen LogP contribution in [-0.4, -0.2) is 29.8 Å². The summed E-state index contributed by atoms with van der Waals surface area (Å²) >= 11 is 5.35. The molecule has 1 rings (SSSR count). The number of ether oxygens (including phenoxy) is 2. The smallest absolute Gasteiger partial charge is 0.408 e. The molecule has 0 unspecified atom stereocenters. The highest BCUT2D eigenvalue weighted by Crippen LogP contribution is 2.33. The molecule has 18 heavy (non-hydrogen) atoms. The molecule has 1 fully saturated rings. The molecule has 0 bridgehead atoms. The summed E-state index contributed by atoms with van der Waals surface area (Å²) in [4.78, 5) is 23.2. The average Bonchev–Trinajstić information content (AvgIpc) is 2.98. The van der Waals surface area contributed by atoms with Crippen molar-refractivity contribution < 1.29 is 19.1 Å². The van der Waals surface area contributed by atoms with Crippen LogP contribution in [0.4, 0.5) is 4.79 Å². The minimum absolute atomic E-state index is 0.212. The molecule has 5 nitrogen and oxygen atoms in total. The molecule has 1 N–H and O–H groups in total. The van der Waals surface area contributed by atoms with Crippen LogP contribution in [-0.2, 0) is 14.3 Å². The Bertz CT molecular complexity index is 310. The third-order valence-electron chi connectivity index (χ3n) is 2.44. The molecule has 0 aromatic rings. The summed E-state index contributed by atoms with van der Waals surface area (Å²) in [6, 6.07) is -0.887. The first-order valence-electron chi connectivity index (χ1n) is 6.04. The van der Waals surface area contributed by atoms with Gasteiger partial charge in [-0.25, -0.2) is 9.59 Å². The molecule has 1 atom stereocenters. The highest BCUT2D eigenvalue weighted by molar-refractivity contribution is 6.17. The summed E-state index contributed by atoms with van der Waals surface area (Å²) in [7, 11) is 0. The van der Waals surface area contributed by atoms with Crippen LogP contribution in [0.5, 0.6) is 0 Å². The van der Waals surface area contributed by atoms with Crippen LogP contribution < -0.4 is 5.32 Å². The summed E-state index contributed by atoms with van der Waals surface area (Å²) in [5.41, 5.74) is -0.593. The number of rotatable bonds is 5. The van der Waals surface area contributed by atoms with Gasteiger partial charge in [0, 0.05) is 0 Å². The number of amides is 1. The molecule has 1 saturated carbocycles. The maximum atomic E-state index is 11.6. The van der Waals surface area contributed by atoms with E-state index in [2.05, 4.69) is 5.32 Å². The lowest BCUT2D eigenvalue weighted by Gasteiger charge is -2.22. The maximum Gasteiger partial charge on any atom is 0.408 e. The van der Waals surface area contributed by atoms with Gasteiger partial charge in [-0.05, 0) is 33.1 Å². The van der Waals surface area contributed by atoms with Gasteiger partial charge >= 0.3 is 12.1 Å². The largest absolute Gasteiger partial charge is 0.448 e. The summed E-state index contributed by atoms with van der Waals surface area (Å²) in [5, 5.41) is 2.54. The fourth-order valence-electron chi connectivity index (χ4n) is 1.51. The van der Waals surface area contributed by atoms with Crippen LogP contribution in [0.25, 0.3) is 0 Å². The van der Waals surface area contributed by atoms with Gasteiger partial charge in [-0.3, -0.25) is 0 Å². The topological polar surface area (TPSA) is 64.6 Å². The van der Waals surface area contributed by atoms with E-state index in [1.54, 1.807) is 20.8 Å². The van der Waals surface area contributed by atoms with Crippen LogP contribution in [0.15, 0.2) is 0 Å². The lowest BCUT2D eigenvalue weighted by atomic mass is 10.1. The number of hydrogen-bond acceptors (Lipinski definition) is 4. The lowest BCUT2D eigenvalue weighted by Crippen LogP contribution is -2.44. The van der Waals surface area contributed by atoms with E-state index < -0.39 is 23.7 Å². The van der Waals surface area contributed by atoms with E-state index in [1.165, 1.54) is 0 Å². The molecule has 104 valence electrons. The number of hydrogen-bond donors (Lipinski definition) is 1. The monoisotopic (exact) mass is 277 g/mol. The van der Waals surface area contributed by atoms with Gasteiger partial charge in [0.15, 0.2) is 6.07 Å². The van der Waals surface area contributed by atoms with E-state index in [4.69, 9.17) is 21.1 Å². The molecule has 1 aliphatic carbocycles. The fourth-order valence-corrected chi connectivity index (χ4v) is 1.61. The van der Waals surface area contributed by atoms with Gasteiger partial charge in [-0.15, -0.1) is 0 Å². The average molecular weight is 278 g/mol. The Hall–Kier alpha value is -0.970. The number of carbonyl (C=O) groups is 2. The van der Waals surface area contributed by atoms with Crippen molar-refractivity contribution in [2.24, 2.45) is 5.92 Å². The molecule has 0 aliphatic heterocycles. The second-order valence-corrected chi connectivity index (χ2v) is 5.67. The zero-order valence-corrected chi connectivity index (χ0v) is 11.8. The minimum Gasteiger partial charge on any atom is -0.448 e. The number of halogens is 1. The fraction of sp³-hybridized carbons (Fsp3) is 0.833. The predicted molar refractivity (Wildman–Crippen MR) is 67.3 cm³/mol. The van der Waals surface area contributed by atoms with Crippen molar-refractivity contribution in [3.63, 3.8) is 0 Å². The van der Waals surface area contributed by atoms with Gasteiger partial charge < -0.3 is 14.8 Å². The van der Waals surface area contributed by atoms with Gasteiger partial charge in [0.25, 0.3) is 0 Å². The Kier molecular flexibility index (Phi) is 5.26.